The van der Waals surface area contributed by atoms with Crippen molar-refractivity contribution in [3.05, 3.63) is 29.8 Å². The molecule has 5 heteroatoms. The molecule has 0 aliphatic carbocycles. The van der Waals surface area contributed by atoms with Gasteiger partial charge in [0.05, 0.1) is 12.4 Å². The third-order valence-electron chi connectivity index (χ3n) is 2.58. The van der Waals surface area contributed by atoms with Crippen molar-refractivity contribution in [2.45, 2.75) is 32.1 Å². The van der Waals surface area contributed by atoms with Gasteiger partial charge in [-0.1, -0.05) is 12.1 Å². The summed E-state index contributed by atoms with van der Waals surface area (Å²) in [5.41, 5.74) is 0.912. The molecule has 0 aliphatic rings. The molecule has 1 N–H and O–H groups in total. The minimum absolute atomic E-state index is 0.242. The molecule has 96 valence electrons. The highest BCUT2D eigenvalue weighted by Crippen LogP contribution is 2.18. The highest BCUT2D eigenvalue weighted by atomic mass is 32.2. The van der Waals surface area contributed by atoms with Crippen LogP contribution in [0.1, 0.15) is 32.4 Å². The number of methoxy groups -OCH3 is 1. The highest BCUT2D eigenvalue weighted by Gasteiger charge is 2.19. The van der Waals surface area contributed by atoms with Crippen molar-refractivity contribution in [3.63, 3.8) is 0 Å². The molecule has 0 aliphatic heterocycles. The second-order valence-electron chi connectivity index (χ2n) is 4.21. The Hall–Kier alpha value is -1.07. The van der Waals surface area contributed by atoms with E-state index in [4.69, 9.17) is 4.74 Å². The fourth-order valence-corrected chi connectivity index (χ4v) is 2.24. The first-order valence-corrected chi connectivity index (χ1v) is 7.06. The van der Waals surface area contributed by atoms with Gasteiger partial charge in [0.2, 0.25) is 10.0 Å². The molecular weight excluding hydrogens is 238 g/mol. The molecule has 0 heterocycles. The molecule has 0 bridgehead atoms. The normalized spacial score (nSPS) is 13.7. The second kappa shape index (κ2) is 5.51. The molecule has 1 aromatic rings. The minimum atomic E-state index is -3.24. The van der Waals surface area contributed by atoms with Crippen molar-refractivity contribution in [1.29, 1.82) is 0 Å². The van der Waals surface area contributed by atoms with E-state index in [0.717, 1.165) is 11.3 Å². The Kier molecular flexibility index (Phi) is 4.54. The van der Waals surface area contributed by atoms with E-state index in [1.54, 1.807) is 21.0 Å². The molecule has 0 radical (unpaired) electrons. The van der Waals surface area contributed by atoms with E-state index >= 15 is 0 Å². The van der Waals surface area contributed by atoms with Gasteiger partial charge in [0.15, 0.2) is 0 Å². The van der Waals surface area contributed by atoms with Crippen LogP contribution in [0.15, 0.2) is 24.3 Å². The maximum atomic E-state index is 11.7. The molecule has 1 rings (SSSR count). The zero-order valence-corrected chi connectivity index (χ0v) is 11.4. The Morgan fingerprint density at radius 1 is 1.12 bits per heavy atom. The lowest BCUT2D eigenvalue weighted by Crippen LogP contribution is -2.32. The Labute approximate surface area is 103 Å². The molecular formula is C12H19NO3S. The van der Waals surface area contributed by atoms with Crippen LogP contribution in [0.3, 0.4) is 0 Å². The molecule has 0 fully saturated rings. The summed E-state index contributed by atoms with van der Waals surface area (Å²) < 4.78 is 31.1. The van der Waals surface area contributed by atoms with Crippen LogP contribution in [-0.4, -0.2) is 20.8 Å². The van der Waals surface area contributed by atoms with Gasteiger partial charge in [-0.15, -0.1) is 0 Å². The molecule has 17 heavy (non-hydrogen) atoms. The summed E-state index contributed by atoms with van der Waals surface area (Å²) >= 11 is 0. The van der Waals surface area contributed by atoms with Crippen LogP contribution in [0.2, 0.25) is 0 Å². The summed E-state index contributed by atoms with van der Waals surface area (Å²) in [5, 5.41) is -0.428. The molecule has 0 saturated carbocycles. The Morgan fingerprint density at radius 2 is 1.65 bits per heavy atom. The molecule has 0 amide bonds. The van der Waals surface area contributed by atoms with Gasteiger partial charge in [-0.05, 0) is 38.5 Å². The van der Waals surface area contributed by atoms with Gasteiger partial charge in [0.25, 0.3) is 0 Å². The molecule has 0 spiro atoms. The maximum absolute atomic E-state index is 11.7. The summed E-state index contributed by atoms with van der Waals surface area (Å²) in [5.74, 6) is 0.757. The molecule has 0 aromatic heterocycles. The summed E-state index contributed by atoms with van der Waals surface area (Å²) in [6.07, 6.45) is 0. The van der Waals surface area contributed by atoms with E-state index in [9.17, 15) is 8.42 Å². The Bertz CT molecular complexity index is 451. The van der Waals surface area contributed by atoms with Crippen molar-refractivity contribution < 1.29 is 13.2 Å². The fraction of sp³-hybridized carbons (Fsp3) is 0.500. The summed E-state index contributed by atoms with van der Waals surface area (Å²) in [7, 11) is -1.65. The number of rotatable bonds is 5. The Balaban J connectivity index is 2.80. The van der Waals surface area contributed by atoms with Gasteiger partial charge in [0, 0.05) is 6.04 Å². The first-order chi connectivity index (χ1) is 7.86. The maximum Gasteiger partial charge on any atom is 0.214 e. The highest BCUT2D eigenvalue weighted by molar-refractivity contribution is 7.90. The lowest BCUT2D eigenvalue weighted by atomic mass is 10.1. The first kappa shape index (κ1) is 14.0. The summed E-state index contributed by atoms with van der Waals surface area (Å²) in [6, 6.07) is 7.09. The van der Waals surface area contributed by atoms with Crippen LogP contribution < -0.4 is 9.46 Å². The third-order valence-corrected chi connectivity index (χ3v) is 4.50. The topological polar surface area (TPSA) is 55.4 Å². The van der Waals surface area contributed by atoms with Gasteiger partial charge in [-0.3, -0.25) is 0 Å². The van der Waals surface area contributed by atoms with Gasteiger partial charge >= 0.3 is 0 Å². The minimum Gasteiger partial charge on any atom is -0.497 e. The first-order valence-electron chi connectivity index (χ1n) is 5.52. The van der Waals surface area contributed by atoms with Crippen molar-refractivity contribution in [2.24, 2.45) is 0 Å². The zero-order valence-electron chi connectivity index (χ0n) is 10.6. The van der Waals surface area contributed by atoms with Gasteiger partial charge in [0.1, 0.15) is 5.75 Å². The van der Waals surface area contributed by atoms with Gasteiger partial charge in [-0.2, -0.15) is 0 Å². The van der Waals surface area contributed by atoms with Crippen LogP contribution in [-0.2, 0) is 10.0 Å². The fourth-order valence-electron chi connectivity index (χ4n) is 1.34. The van der Waals surface area contributed by atoms with Crippen molar-refractivity contribution in [2.75, 3.05) is 7.11 Å². The van der Waals surface area contributed by atoms with Crippen LogP contribution in [0, 0.1) is 0 Å². The van der Waals surface area contributed by atoms with Crippen molar-refractivity contribution >= 4 is 10.0 Å². The standard InChI is InChI=1S/C12H19NO3S/c1-9(2)17(14,15)13-10(3)11-5-7-12(16-4)8-6-11/h5-10,13H,1-4H3/t10-/m1/s1. The van der Waals surface area contributed by atoms with Crippen molar-refractivity contribution in [3.8, 4) is 5.75 Å². The van der Waals surface area contributed by atoms with E-state index in [-0.39, 0.29) is 6.04 Å². The molecule has 4 nitrogen and oxygen atoms in total. The van der Waals surface area contributed by atoms with E-state index in [0.29, 0.717) is 0 Å². The predicted octanol–water partition coefficient (Wildman–Crippen LogP) is 2.08. The average molecular weight is 257 g/mol. The smallest absolute Gasteiger partial charge is 0.214 e. The van der Waals surface area contributed by atoms with Crippen LogP contribution in [0.25, 0.3) is 0 Å². The number of hydrogen-bond donors (Lipinski definition) is 1. The number of nitrogens with one attached hydrogen (secondary N) is 1. The number of sulfonamides is 1. The number of benzene rings is 1. The van der Waals surface area contributed by atoms with E-state index in [2.05, 4.69) is 4.72 Å². The molecule has 1 aromatic carbocycles. The number of ether oxygens (including phenoxy) is 1. The molecule has 0 unspecified atom stereocenters. The summed E-state index contributed by atoms with van der Waals surface area (Å²) in [6.45, 7) is 5.13. The number of hydrogen-bond acceptors (Lipinski definition) is 3. The zero-order chi connectivity index (χ0) is 13.1. The van der Waals surface area contributed by atoms with Crippen molar-refractivity contribution in [1.82, 2.24) is 4.72 Å². The lowest BCUT2D eigenvalue weighted by molar-refractivity contribution is 0.414. The SMILES string of the molecule is COc1ccc([C@@H](C)NS(=O)(=O)C(C)C)cc1. The quantitative estimate of drug-likeness (QED) is 0.878. The lowest BCUT2D eigenvalue weighted by Gasteiger charge is -2.16. The monoisotopic (exact) mass is 257 g/mol. The van der Waals surface area contributed by atoms with Crippen LogP contribution in [0.4, 0.5) is 0 Å². The largest absolute Gasteiger partial charge is 0.497 e. The van der Waals surface area contributed by atoms with Gasteiger partial charge < -0.3 is 4.74 Å². The van der Waals surface area contributed by atoms with Crippen LogP contribution in [0.5, 0.6) is 5.75 Å². The Morgan fingerprint density at radius 3 is 2.06 bits per heavy atom. The second-order valence-corrected chi connectivity index (χ2v) is 6.47. The summed E-state index contributed by atoms with van der Waals surface area (Å²) in [4.78, 5) is 0. The average Bonchev–Trinajstić information content (AvgIpc) is 2.28. The molecule has 0 saturated heterocycles. The predicted molar refractivity (Wildman–Crippen MR) is 68.6 cm³/mol. The molecule has 1 atom stereocenters. The third kappa shape index (κ3) is 3.71. The van der Waals surface area contributed by atoms with Crippen LogP contribution >= 0.6 is 0 Å². The van der Waals surface area contributed by atoms with Gasteiger partial charge in [-0.25, -0.2) is 13.1 Å². The van der Waals surface area contributed by atoms with E-state index in [1.807, 2.05) is 31.2 Å². The van der Waals surface area contributed by atoms with E-state index < -0.39 is 15.3 Å². The van der Waals surface area contributed by atoms with E-state index in [1.165, 1.54) is 0 Å².